The van der Waals surface area contributed by atoms with Crippen LogP contribution in [0.2, 0.25) is 0 Å². The van der Waals surface area contributed by atoms with Crippen LogP contribution in [-0.4, -0.2) is 10.2 Å². The van der Waals surface area contributed by atoms with Crippen LogP contribution in [0.25, 0.3) is 0 Å². The Balaban J connectivity index is 2.19. The van der Waals surface area contributed by atoms with Crippen LogP contribution in [0.3, 0.4) is 0 Å². The number of hydrogen-bond acceptors (Lipinski definition) is 5. The second-order valence-electron chi connectivity index (χ2n) is 2.38. The van der Waals surface area contributed by atoms with Crippen LogP contribution < -0.4 is 5.73 Å². The number of rotatable bonds is 2. The molecular formula is C8H7N3S2. The van der Waals surface area contributed by atoms with Crippen molar-refractivity contribution in [2.24, 2.45) is 0 Å². The third kappa shape index (κ3) is 2.19. The first-order valence-corrected chi connectivity index (χ1v) is 5.34. The van der Waals surface area contributed by atoms with Gasteiger partial charge in [-0.1, -0.05) is 29.2 Å². The molecule has 13 heavy (non-hydrogen) atoms. The summed E-state index contributed by atoms with van der Waals surface area (Å²) in [5, 5.41) is 7.69. The van der Waals surface area contributed by atoms with Crippen LogP contribution >= 0.6 is 23.1 Å². The van der Waals surface area contributed by atoms with Crippen molar-refractivity contribution in [3.05, 3.63) is 29.8 Å². The summed E-state index contributed by atoms with van der Waals surface area (Å²) in [5.74, 6) is 0. The van der Waals surface area contributed by atoms with Crippen molar-refractivity contribution in [3.63, 3.8) is 0 Å². The van der Waals surface area contributed by atoms with Crippen LogP contribution in [0.5, 0.6) is 0 Å². The third-order valence-electron chi connectivity index (χ3n) is 1.40. The topological polar surface area (TPSA) is 51.8 Å². The molecule has 0 aliphatic heterocycles. The Bertz CT molecular complexity index is 386. The van der Waals surface area contributed by atoms with E-state index in [4.69, 9.17) is 5.73 Å². The highest BCUT2D eigenvalue weighted by atomic mass is 32.2. The van der Waals surface area contributed by atoms with Gasteiger partial charge < -0.3 is 5.73 Å². The highest BCUT2D eigenvalue weighted by molar-refractivity contribution is 8.01. The van der Waals surface area contributed by atoms with Crippen molar-refractivity contribution in [1.82, 2.24) is 10.2 Å². The summed E-state index contributed by atoms with van der Waals surface area (Å²) < 4.78 is 0.936. The monoisotopic (exact) mass is 209 g/mol. The molecule has 0 bridgehead atoms. The summed E-state index contributed by atoms with van der Waals surface area (Å²) in [7, 11) is 0. The van der Waals surface area contributed by atoms with Crippen molar-refractivity contribution in [3.8, 4) is 0 Å². The van der Waals surface area contributed by atoms with E-state index in [9.17, 15) is 0 Å². The number of nitrogen functional groups attached to an aromatic ring is 1. The SMILES string of the molecule is Nc1cccc(Sc2nncs2)c1. The Morgan fingerprint density at radius 2 is 2.31 bits per heavy atom. The highest BCUT2D eigenvalue weighted by Crippen LogP contribution is 2.29. The number of anilines is 1. The zero-order valence-electron chi connectivity index (χ0n) is 6.68. The lowest BCUT2D eigenvalue weighted by atomic mass is 10.3. The smallest absolute Gasteiger partial charge is 0.178 e. The van der Waals surface area contributed by atoms with Crippen molar-refractivity contribution in [1.29, 1.82) is 0 Å². The number of hydrogen-bond donors (Lipinski definition) is 1. The van der Waals surface area contributed by atoms with Crippen LogP contribution in [0.1, 0.15) is 0 Å². The Morgan fingerprint density at radius 1 is 1.38 bits per heavy atom. The molecule has 2 N–H and O–H groups in total. The van der Waals surface area contributed by atoms with Crippen molar-refractivity contribution in [2.75, 3.05) is 5.73 Å². The van der Waals surface area contributed by atoms with Gasteiger partial charge in [-0.25, -0.2) is 0 Å². The van der Waals surface area contributed by atoms with E-state index < -0.39 is 0 Å². The minimum Gasteiger partial charge on any atom is -0.399 e. The van der Waals surface area contributed by atoms with Crippen molar-refractivity contribution in [2.45, 2.75) is 9.24 Å². The maximum atomic E-state index is 5.64. The molecule has 0 saturated heterocycles. The van der Waals surface area contributed by atoms with Gasteiger partial charge in [0.25, 0.3) is 0 Å². The largest absolute Gasteiger partial charge is 0.399 e. The first kappa shape index (κ1) is 8.52. The molecule has 0 fully saturated rings. The molecule has 1 heterocycles. The summed E-state index contributed by atoms with van der Waals surface area (Å²) >= 11 is 3.10. The van der Waals surface area contributed by atoms with Crippen molar-refractivity contribution < 1.29 is 0 Å². The summed E-state index contributed by atoms with van der Waals surface area (Å²) in [6, 6.07) is 7.72. The standard InChI is InChI=1S/C8H7N3S2/c9-6-2-1-3-7(4-6)13-8-11-10-5-12-8/h1-5H,9H2. The maximum Gasteiger partial charge on any atom is 0.178 e. The lowest BCUT2D eigenvalue weighted by molar-refractivity contribution is 1.01. The fourth-order valence-corrected chi connectivity index (χ4v) is 2.41. The van der Waals surface area contributed by atoms with Gasteiger partial charge >= 0.3 is 0 Å². The minimum absolute atomic E-state index is 0.773. The lowest BCUT2D eigenvalue weighted by Gasteiger charge is -1.97. The summed E-state index contributed by atoms with van der Waals surface area (Å²) in [5.41, 5.74) is 8.13. The van der Waals surface area contributed by atoms with Gasteiger partial charge in [-0.05, 0) is 18.2 Å². The second-order valence-corrected chi connectivity index (χ2v) is 4.53. The van der Waals surface area contributed by atoms with Crippen LogP contribution in [0.4, 0.5) is 5.69 Å². The van der Waals surface area contributed by atoms with E-state index in [1.807, 2.05) is 24.3 Å². The van der Waals surface area contributed by atoms with Gasteiger partial charge in [-0.15, -0.1) is 10.2 Å². The number of nitrogens with two attached hydrogens (primary N) is 1. The average Bonchev–Trinajstić information content (AvgIpc) is 2.57. The molecule has 0 spiro atoms. The van der Waals surface area contributed by atoms with Gasteiger partial charge in [-0.3, -0.25) is 0 Å². The molecule has 0 radical (unpaired) electrons. The maximum absolute atomic E-state index is 5.64. The summed E-state index contributed by atoms with van der Waals surface area (Å²) in [6.07, 6.45) is 0. The van der Waals surface area contributed by atoms with Gasteiger partial charge in [0.15, 0.2) is 4.34 Å². The van der Waals surface area contributed by atoms with Gasteiger partial charge in [-0.2, -0.15) is 0 Å². The molecule has 3 nitrogen and oxygen atoms in total. The van der Waals surface area contributed by atoms with E-state index in [1.54, 1.807) is 17.3 Å². The number of nitrogens with zero attached hydrogens (tertiary/aromatic N) is 2. The average molecular weight is 209 g/mol. The zero-order chi connectivity index (χ0) is 9.10. The molecule has 66 valence electrons. The molecule has 0 unspecified atom stereocenters. The molecule has 0 saturated carbocycles. The van der Waals surface area contributed by atoms with Crippen LogP contribution in [0.15, 0.2) is 39.0 Å². The predicted octanol–water partition coefficient (Wildman–Crippen LogP) is 2.27. The summed E-state index contributed by atoms with van der Waals surface area (Å²) in [6.45, 7) is 0. The van der Waals surface area contributed by atoms with E-state index in [0.717, 1.165) is 14.9 Å². The van der Waals surface area contributed by atoms with E-state index in [1.165, 1.54) is 11.3 Å². The van der Waals surface area contributed by atoms with Gasteiger partial charge in [0.1, 0.15) is 5.51 Å². The molecule has 2 aromatic rings. The minimum atomic E-state index is 0.773. The van der Waals surface area contributed by atoms with Crippen molar-refractivity contribution >= 4 is 28.8 Å². The predicted molar refractivity (Wildman–Crippen MR) is 54.9 cm³/mol. The fraction of sp³-hybridized carbons (Fsp3) is 0. The highest BCUT2D eigenvalue weighted by Gasteiger charge is 1.99. The van der Waals surface area contributed by atoms with E-state index >= 15 is 0 Å². The second kappa shape index (κ2) is 3.76. The molecule has 0 amide bonds. The van der Waals surface area contributed by atoms with E-state index in [2.05, 4.69) is 10.2 Å². The molecule has 5 heteroatoms. The number of benzene rings is 1. The number of aromatic nitrogens is 2. The van der Waals surface area contributed by atoms with E-state index in [0.29, 0.717) is 0 Å². The third-order valence-corrected chi connectivity index (χ3v) is 3.17. The molecule has 0 atom stereocenters. The van der Waals surface area contributed by atoms with Crippen LogP contribution in [-0.2, 0) is 0 Å². The Hall–Kier alpha value is -1.07. The Labute approximate surface area is 84.0 Å². The molecule has 0 aliphatic rings. The van der Waals surface area contributed by atoms with Crippen LogP contribution in [0, 0.1) is 0 Å². The first-order chi connectivity index (χ1) is 6.34. The normalized spacial score (nSPS) is 10.2. The lowest BCUT2D eigenvalue weighted by Crippen LogP contribution is -1.83. The Morgan fingerprint density at radius 3 is 3.00 bits per heavy atom. The zero-order valence-corrected chi connectivity index (χ0v) is 8.31. The molecule has 0 aliphatic carbocycles. The molecule has 2 rings (SSSR count). The fourth-order valence-electron chi connectivity index (χ4n) is 0.886. The van der Waals surface area contributed by atoms with Gasteiger partial charge in [0, 0.05) is 10.6 Å². The van der Waals surface area contributed by atoms with E-state index in [-0.39, 0.29) is 0 Å². The summed E-state index contributed by atoms with van der Waals surface area (Å²) in [4.78, 5) is 1.09. The molecule has 1 aromatic carbocycles. The molecular weight excluding hydrogens is 202 g/mol. The van der Waals surface area contributed by atoms with Gasteiger partial charge in [0.05, 0.1) is 0 Å². The Kier molecular flexibility index (Phi) is 2.47. The quantitative estimate of drug-likeness (QED) is 0.771. The molecule has 1 aromatic heterocycles. The van der Waals surface area contributed by atoms with Gasteiger partial charge in [0.2, 0.25) is 0 Å². The first-order valence-electron chi connectivity index (χ1n) is 3.64.